The Labute approximate surface area is 148 Å². The average molecular weight is 349 g/mol. The molecule has 6 heteroatoms. The van der Waals surface area contributed by atoms with Gasteiger partial charge in [0.2, 0.25) is 0 Å². The highest BCUT2D eigenvalue weighted by Crippen LogP contribution is 2.35. The Bertz CT molecular complexity index is 674. The number of unbranched alkanes of at least 4 members (excludes halogenated alkanes) is 1. The normalized spacial score (nSPS) is 11.4. The van der Waals surface area contributed by atoms with Gasteiger partial charge in [-0.05, 0) is 46.8 Å². The maximum Gasteiger partial charge on any atom is 0.251 e. The smallest absolute Gasteiger partial charge is 0.251 e. The molecule has 2 rings (SSSR count). The van der Waals surface area contributed by atoms with Crippen molar-refractivity contribution in [2.24, 2.45) is 5.73 Å². The van der Waals surface area contributed by atoms with Crippen molar-refractivity contribution in [2.45, 2.75) is 46.1 Å². The van der Waals surface area contributed by atoms with E-state index in [0.717, 1.165) is 55.0 Å². The van der Waals surface area contributed by atoms with Crippen molar-refractivity contribution < 1.29 is 4.79 Å². The van der Waals surface area contributed by atoms with Gasteiger partial charge < -0.3 is 15.2 Å². The van der Waals surface area contributed by atoms with Crippen LogP contribution in [0.2, 0.25) is 0 Å². The van der Waals surface area contributed by atoms with Crippen LogP contribution in [-0.2, 0) is 13.0 Å². The van der Waals surface area contributed by atoms with Crippen LogP contribution in [-0.4, -0.2) is 41.0 Å². The van der Waals surface area contributed by atoms with E-state index in [4.69, 9.17) is 5.73 Å². The summed E-state index contributed by atoms with van der Waals surface area (Å²) in [6.07, 6.45) is 5.98. The Morgan fingerprint density at radius 1 is 1.38 bits per heavy atom. The van der Waals surface area contributed by atoms with E-state index in [1.54, 1.807) is 17.5 Å². The fourth-order valence-corrected chi connectivity index (χ4v) is 3.84. The first-order valence-corrected chi connectivity index (χ1v) is 9.41. The second-order valence-electron chi connectivity index (χ2n) is 6.40. The Kier molecular flexibility index (Phi) is 6.57. The lowest BCUT2D eigenvalue weighted by atomic mass is 10.1. The SMILES string of the molecule is CCCCc1c(-c2nccs2)c(C(N)=O)c(C)n1CCCN(C)C. The number of primary amides is 1. The maximum absolute atomic E-state index is 12.1. The third-order valence-corrected chi connectivity index (χ3v) is 5.07. The molecule has 5 nitrogen and oxygen atoms in total. The number of amides is 1. The van der Waals surface area contributed by atoms with Gasteiger partial charge in [0.05, 0.1) is 5.56 Å². The van der Waals surface area contributed by atoms with Crippen molar-refractivity contribution in [1.82, 2.24) is 14.5 Å². The van der Waals surface area contributed by atoms with Crippen LogP contribution in [0.5, 0.6) is 0 Å². The predicted molar refractivity (Wildman–Crippen MR) is 101 cm³/mol. The molecule has 2 aromatic heterocycles. The van der Waals surface area contributed by atoms with E-state index in [2.05, 4.69) is 35.5 Å². The molecule has 24 heavy (non-hydrogen) atoms. The number of hydrogen-bond acceptors (Lipinski definition) is 4. The molecule has 0 saturated carbocycles. The summed E-state index contributed by atoms with van der Waals surface area (Å²) in [6, 6.07) is 0. The monoisotopic (exact) mass is 348 g/mol. The number of carbonyl (C=O) groups is 1. The van der Waals surface area contributed by atoms with Gasteiger partial charge in [-0.2, -0.15) is 0 Å². The van der Waals surface area contributed by atoms with E-state index in [0.29, 0.717) is 5.56 Å². The van der Waals surface area contributed by atoms with Crippen molar-refractivity contribution in [3.05, 3.63) is 28.5 Å². The third-order valence-electron chi connectivity index (χ3n) is 4.28. The molecule has 0 aliphatic rings. The van der Waals surface area contributed by atoms with Gasteiger partial charge in [0.25, 0.3) is 5.91 Å². The number of thiazole rings is 1. The van der Waals surface area contributed by atoms with Gasteiger partial charge in [-0.25, -0.2) is 4.98 Å². The molecule has 0 aromatic carbocycles. The lowest BCUT2D eigenvalue weighted by Gasteiger charge is -2.14. The summed E-state index contributed by atoms with van der Waals surface area (Å²) in [5, 5.41) is 2.84. The molecule has 0 fully saturated rings. The Balaban J connectivity index is 2.51. The van der Waals surface area contributed by atoms with E-state index in [1.807, 2.05) is 12.3 Å². The second-order valence-corrected chi connectivity index (χ2v) is 7.29. The van der Waals surface area contributed by atoms with Gasteiger partial charge in [0.15, 0.2) is 0 Å². The fourth-order valence-electron chi connectivity index (χ4n) is 3.13. The summed E-state index contributed by atoms with van der Waals surface area (Å²) >= 11 is 1.57. The van der Waals surface area contributed by atoms with Gasteiger partial charge in [0, 0.05) is 35.1 Å². The molecular weight excluding hydrogens is 320 g/mol. The molecule has 2 heterocycles. The largest absolute Gasteiger partial charge is 0.366 e. The van der Waals surface area contributed by atoms with E-state index in [1.165, 1.54) is 5.69 Å². The summed E-state index contributed by atoms with van der Waals surface area (Å²) in [4.78, 5) is 18.8. The lowest BCUT2D eigenvalue weighted by Crippen LogP contribution is -2.17. The van der Waals surface area contributed by atoms with Crippen LogP contribution in [0.25, 0.3) is 10.6 Å². The minimum atomic E-state index is -0.359. The molecule has 0 bridgehead atoms. The third kappa shape index (κ3) is 4.05. The molecule has 0 aliphatic heterocycles. The quantitative estimate of drug-likeness (QED) is 0.756. The number of carbonyl (C=O) groups excluding carboxylic acids is 1. The molecule has 0 saturated heterocycles. The molecular formula is C18H28N4OS. The molecule has 2 aromatic rings. The maximum atomic E-state index is 12.1. The molecule has 0 aliphatic carbocycles. The molecule has 2 N–H and O–H groups in total. The zero-order chi connectivity index (χ0) is 17.7. The van der Waals surface area contributed by atoms with E-state index >= 15 is 0 Å². The number of rotatable bonds is 9. The molecule has 132 valence electrons. The predicted octanol–water partition coefficient (Wildman–Crippen LogP) is 3.31. The van der Waals surface area contributed by atoms with Crippen LogP contribution in [0.1, 0.15) is 47.9 Å². The average Bonchev–Trinajstić information content (AvgIpc) is 3.12. The second kappa shape index (κ2) is 8.44. The molecule has 0 atom stereocenters. The van der Waals surface area contributed by atoms with Crippen LogP contribution >= 0.6 is 11.3 Å². The van der Waals surface area contributed by atoms with E-state index in [-0.39, 0.29) is 5.91 Å². The highest BCUT2D eigenvalue weighted by molar-refractivity contribution is 7.13. The summed E-state index contributed by atoms with van der Waals surface area (Å²) < 4.78 is 2.29. The van der Waals surface area contributed by atoms with Crippen LogP contribution in [0.15, 0.2) is 11.6 Å². The summed E-state index contributed by atoms with van der Waals surface area (Å²) in [6.45, 7) is 6.10. The summed E-state index contributed by atoms with van der Waals surface area (Å²) in [7, 11) is 4.16. The number of nitrogens with two attached hydrogens (primary N) is 1. The minimum absolute atomic E-state index is 0.359. The number of aromatic nitrogens is 2. The van der Waals surface area contributed by atoms with Crippen LogP contribution < -0.4 is 5.73 Å². The van der Waals surface area contributed by atoms with Gasteiger partial charge >= 0.3 is 0 Å². The Hall–Kier alpha value is -1.66. The number of nitrogens with zero attached hydrogens (tertiary/aromatic N) is 3. The van der Waals surface area contributed by atoms with Crippen LogP contribution in [0.4, 0.5) is 0 Å². The molecule has 0 spiro atoms. The zero-order valence-electron chi connectivity index (χ0n) is 15.1. The van der Waals surface area contributed by atoms with Crippen molar-refractivity contribution in [3.8, 4) is 10.6 Å². The molecule has 0 radical (unpaired) electrons. The Morgan fingerprint density at radius 2 is 2.12 bits per heavy atom. The lowest BCUT2D eigenvalue weighted by molar-refractivity contribution is 0.1000. The molecule has 0 unspecified atom stereocenters. The van der Waals surface area contributed by atoms with Gasteiger partial charge in [-0.15, -0.1) is 11.3 Å². The van der Waals surface area contributed by atoms with Crippen LogP contribution in [0, 0.1) is 6.92 Å². The highest BCUT2D eigenvalue weighted by Gasteiger charge is 2.25. The topological polar surface area (TPSA) is 64.1 Å². The van der Waals surface area contributed by atoms with E-state index in [9.17, 15) is 4.79 Å². The zero-order valence-corrected chi connectivity index (χ0v) is 15.9. The first kappa shape index (κ1) is 18.7. The van der Waals surface area contributed by atoms with Crippen molar-refractivity contribution in [1.29, 1.82) is 0 Å². The van der Waals surface area contributed by atoms with Crippen LogP contribution in [0.3, 0.4) is 0 Å². The van der Waals surface area contributed by atoms with Crippen molar-refractivity contribution in [2.75, 3.05) is 20.6 Å². The van der Waals surface area contributed by atoms with E-state index < -0.39 is 0 Å². The van der Waals surface area contributed by atoms with Gasteiger partial charge in [-0.3, -0.25) is 4.79 Å². The first-order valence-electron chi connectivity index (χ1n) is 8.53. The Morgan fingerprint density at radius 3 is 2.67 bits per heavy atom. The fraction of sp³-hybridized carbons (Fsp3) is 0.556. The van der Waals surface area contributed by atoms with Gasteiger partial charge in [0.1, 0.15) is 5.01 Å². The highest BCUT2D eigenvalue weighted by atomic mass is 32.1. The van der Waals surface area contributed by atoms with Gasteiger partial charge in [-0.1, -0.05) is 13.3 Å². The first-order chi connectivity index (χ1) is 11.5. The summed E-state index contributed by atoms with van der Waals surface area (Å²) in [5.74, 6) is -0.359. The standard InChI is InChI=1S/C18H28N4OS/c1-5-6-8-14-16(18-20-9-12-24-18)15(17(19)23)13(2)22(14)11-7-10-21(3)4/h9,12H,5-8,10-11H2,1-4H3,(H2,19,23). The van der Waals surface area contributed by atoms with Crippen molar-refractivity contribution >= 4 is 17.2 Å². The summed E-state index contributed by atoms with van der Waals surface area (Å²) in [5.41, 5.74) is 9.49. The number of hydrogen-bond donors (Lipinski definition) is 1. The molecule has 1 amide bonds. The van der Waals surface area contributed by atoms with Crippen molar-refractivity contribution in [3.63, 3.8) is 0 Å². The minimum Gasteiger partial charge on any atom is -0.366 e.